The Morgan fingerprint density at radius 2 is 1.93 bits per heavy atom. The number of pyridine rings is 1. The van der Waals surface area contributed by atoms with Gasteiger partial charge in [-0.2, -0.15) is 0 Å². The number of hydrogen-bond donors (Lipinski definition) is 2. The van der Waals surface area contributed by atoms with Crippen LogP contribution in [0.5, 0.6) is 0 Å². The number of nitrogens with one attached hydrogen (secondary N) is 1. The number of imidazole rings is 1. The van der Waals surface area contributed by atoms with Crippen LogP contribution in [0.15, 0.2) is 42.9 Å². The van der Waals surface area contributed by atoms with Gasteiger partial charge in [-0.15, -0.1) is 0 Å². The number of aromatic nitrogens is 4. The number of para-hydroxylation sites is 1. The molecule has 4 heterocycles. The molecule has 1 aliphatic rings. The van der Waals surface area contributed by atoms with Crippen LogP contribution in [0.1, 0.15) is 17.5 Å². The molecule has 1 atom stereocenters. The van der Waals surface area contributed by atoms with Gasteiger partial charge in [0.1, 0.15) is 23.2 Å². The lowest BCUT2D eigenvalue weighted by molar-refractivity contribution is 0.198. The van der Waals surface area contributed by atoms with Crippen LogP contribution in [0.3, 0.4) is 0 Å². The number of rotatable bonds is 3. The minimum absolute atomic E-state index is 0.284. The van der Waals surface area contributed by atoms with Gasteiger partial charge in [0, 0.05) is 18.8 Å². The first kappa shape index (κ1) is 16.9. The summed E-state index contributed by atoms with van der Waals surface area (Å²) in [5, 5.41) is 13.3. The standard InChI is InChI=1S/C21H22N6O/c1-13-4-3-5-14(2)19(13)25-20-17-10-22-12-27(17)21-16(23-20)6-7-18(24-21)26-9-8-15(28)11-26/h3-7,10,12,15,28H,8-9,11H2,1-2H3,(H,23,25)/t15-/m0/s1. The van der Waals surface area contributed by atoms with Crippen molar-refractivity contribution in [3.8, 4) is 0 Å². The van der Waals surface area contributed by atoms with Crippen LogP contribution in [0.4, 0.5) is 17.3 Å². The molecular weight excluding hydrogens is 352 g/mol. The topological polar surface area (TPSA) is 78.6 Å². The van der Waals surface area contributed by atoms with Crippen LogP contribution in [-0.2, 0) is 0 Å². The van der Waals surface area contributed by atoms with E-state index in [2.05, 4.69) is 47.2 Å². The van der Waals surface area contributed by atoms with Crippen LogP contribution >= 0.6 is 0 Å². The molecule has 4 aromatic rings. The predicted octanol–water partition coefficient (Wildman–Crippen LogP) is 3.21. The van der Waals surface area contributed by atoms with Gasteiger partial charge < -0.3 is 15.3 Å². The molecule has 2 N–H and O–H groups in total. The molecule has 0 aliphatic carbocycles. The zero-order valence-electron chi connectivity index (χ0n) is 15.9. The van der Waals surface area contributed by atoms with Crippen LogP contribution in [0.2, 0.25) is 0 Å². The molecule has 1 saturated heterocycles. The number of β-amino-alcohol motifs (C(OH)–C–C–N with tert-alkyl or cyclic N) is 1. The first-order valence-corrected chi connectivity index (χ1v) is 9.49. The van der Waals surface area contributed by atoms with Gasteiger partial charge in [0.25, 0.3) is 0 Å². The summed E-state index contributed by atoms with van der Waals surface area (Å²) in [7, 11) is 0. The van der Waals surface area contributed by atoms with Crippen LogP contribution in [0, 0.1) is 13.8 Å². The maximum atomic E-state index is 9.83. The number of anilines is 3. The summed E-state index contributed by atoms with van der Waals surface area (Å²) in [4.78, 5) is 16.1. The van der Waals surface area contributed by atoms with Crippen molar-refractivity contribution in [2.75, 3.05) is 23.3 Å². The van der Waals surface area contributed by atoms with E-state index in [-0.39, 0.29) is 6.10 Å². The van der Waals surface area contributed by atoms with Crippen molar-refractivity contribution < 1.29 is 5.11 Å². The molecule has 7 heteroatoms. The highest BCUT2D eigenvalue weighted by atomic mass is 16.3. The Morgan fingerprint density at radius 1 is 1.11 bits per heavy atom. The van der Waals surface area contributed by atoms with Gasteiger partial charge in [-0.3, -0.25) is 4.40 Å². The van der Waals surface area contributed by atoms with Crippen molar-refractivity contribution in [3.05, 3.63) is 54.0 Å². The highest BCUT2D eigenvalue weighted by Crippen LogP contribution is 2.29. The lowest BCUT2D eigenvalue weighted by Gasteiger charge is -2.18. The van der Waals surface area contributed by atoms with E-state index >= 15 is 0 Å². The number of nitrogens with zero attached hydrogens (tertiary/aromatic N) is 5. The molecule has 0 bridgehead atoms. The van der Waals surface area contributed by atoms with Crippen LogP contribution in [0.25, 0.3) is 16.7 Å². The number of hydrogen-bond acceptors (Lipinski definition) is 6. The number of benzene rings is 1. The molecule has 0 saturated carbocycles. The third-order valence-electron chi connectivity index (χ3n) is 5.39. The van der Waals surface area contributed by atoms with Gasteiger partial charge in [-0.1, -0.05) is 18.2 Å². The smallest absolute Gasteiger partial charge is 0.166 e. The van der Waals surface area contributed by atoms with Gasteiger partial charge in [0.2, 0.25) is 0 Å². The average molecular weight is 374 g/mol. The number of aliphatic hydroxyl groups is 1. The molecule has 1 aromatic carbocycles. The Morgan fingerprint density at radius 3 is 2.68 bits per heavy atom. The molecule has 0 unspecified atom stereocenters. The lowest BCUT2D eigenvalue weighted by atomic mass is 10.1. The molecular formula is C21H22N6O. The summed E-state index contributed by atoms with van der Waals surface area (Å²) < 4.78 is 1.97. The molecule has 3 aromatic heterocycles. The summed E-state index contributed by atoms with van der Waals surface area (Å²) in [6.45, 7) is 5.60. The van der Waals surface area contributed by atoms with Gasteiger partial charge in [-0.05, 0) is 43.5 Å². The van der Waals surface area contributed by atoms with E-state index in [0.29, 0.717) is 6.54 Å². The Kier molecular flexibility index (Phi) is 3.91. The maximum Gasteiger partial charge on any atom is 0.166 e. The summed E-state index contributed by atoms with van der Waals surface area (Å²) >= 11 is 0. The number of aliphatic hydroxyl groups excluding tert-OH is 1. The van der Waals surface area contributed by atoms with Crippen LogP contribution in [-0.4, -0.2) is 43.7 Å². The SMILES string of the molecule is Cc1cccc(C)c1Nc1nc2ccc(N3CC[C@H](O)C3)nc2n2cncc12. The second kappa shape index (κ2) is 6.45. The van der Waals surface area contributed by atoms with Gasteiger partial charge in [0.15, 0.2) is 11.5 Å². The van der Waals surface area contributed by atoms with Gasteiger partial charge in [0.05, 0.1) is 12.3 Å². The molecule has 0 amide bonds. The minimum atomic E-state index is -0.284. The fourth-order valence-electron chi connectivity index (χ4n) is 3.86. The second-order valence-electron chi connectivity index (χ2n) is 7.40. The van der Waals surface area contributed by atoms with Crippen molar-refractivity contribution in [1.29, 1.82) is 0 Å². The van der Waals surface area contributed by atoms with Crippen LogP contribution < -0.4 is 10.2 Å². The molecule has 7 nitrogen and oxygen atoms in total. The Labute approximate surface area is 162 Å². The Balaban J connectivity index is 1.62. The molecule has 1 fully saturated rings. The van der Waals surface area contributed by atoms with Crippen molar-refractivity contribution in [2.45, 2.75) is 26.4 Å². The summed E-state index contributed by atoms with van der Waals surface area (Å²) in [5.41, 5.74) is 5.83. The zero-order valence-corrected chi connectivity index (χ0v) is 15.9. The van der Waals surface area contributed by atoms with E-state index in [1.165, 1.54) is 11.1 Å². The zero-order chi connectivity index (χ0) is 19.3. The Bertz CT molecular complexity index is 1160. The second-order valence-corrected chi connectivity index (χ2v) is 7.40. The van der Waals surface area contributed by atoms with Crippen molar-refractivity contribution in [2.24, 2.45) is 0 Å². The number of fused-ring (bicyclic) bond motifs is 3. The minimum Gasteiger partial charge on any atom is -0.391 e. The Hall–Kier alpha value is -3.19. The summed E-state index contributed by atoms with van der Waals surface area (Å²) in [5.74, 6) is 1.62. The fourth-order valence-corrected chi connectivity index (χ4v) is 3.86. The van der Waals surface area contributed by atoms with Gasteiger partial charge in [-0.25, -0.2) is 15.0 Å². The quantitative estimate of drug-likeness (QED) is 0.573. The third-order valence-corrected chi connectivity index (χ3v) is 5.39. The molecule has 0 radical (unpaired) electrons. The normalized spacial score (nSPS) is 17.0. The van der Waals surface area contributed by atoms with E-state index in [1.54, 1.807) is 12.5 Å². The molecule has 5 rings (SSSR count). The van der Waals surface area contributed by atoms with E-state index in [1.807, 2.05) is 16.5 Å². The predicted molar refractivity (Wildman–Crippen MR) is 110 cm³/mol. The lowest BCUT2D eigenvalue weighted by Crippen LogP contribution is -2.22. The first-order valence-electron chi connectivity index (χ1n) is 9.49. The highest BCUT2D eigenvalue weighted by Gasteiger charge is 2.22. The monoisotopic (exact) mass is 374 g/mol. The maximum absolute atomic E-state index is 9.83. The van der Waals surface area contributed by atoms with Gasteiger partial charge >= 0.3 is 0 Å². The molecule has 0 spiro atoms. The largest absolute Gasteiger partial charge is 0.391 e. The van der Waals surface area contributed by atoms with E-state index in [0.717, 1.165) is 47.0 Å². The molecule has 142 valence electrons. The summed E-state index contributed by atoms with van der Waals surface area (Å²) in [6.07, 6.45) is 4.06. The first-order chi connectivity index (χ1) is 13.6. The van der Waals surface area contributed by atoms with E-state index in [9.17, 15) is 5.11 Å². The van der Waals surface area contributed by atoms with Crippen molar-refractivity contribution in [3.63, 3.8) is 0 Å². The third kappa shape index (κ3) is 2.75. The average Bonchev–Trinajstić information content (AvgIpc) is 3.34. The fraction of sp³-hybridized carbons (Fsp3) is 0.286. The number of aryl methyl sites for hydroxylation is 2. The molecule has 1 aliphatic heterocycles. The summed E-state index contributed by atoms with van der Waals surface area (Å²) in [6, 6.07) is 10.2. The molecule has 28 heavy (non-hydrogen) atoms. The van der Waals surface area contributed by atoms with E-state index < -0.39 is 0 Å². The van der Waals surface area contributed by atoms with Crippen molar-refractivity contribution >= 4 is 34.0 Å². The van der Waals surface area contributed by atoms with E-state index in [4.69, 9.17) is 9.97 Å². The highest BCUT2D eigenvalue weighted by molar-refractivity contribution is 5.85. The van der Waals surface area contributed by atoms with Crippen molar-refractivity contribution in [1.82, 2.24) is 19.4 Å².